The van der Waals surface area contributed by atoms with Gasteiger partial charge in [0.2, 0.25) is 0 Å². The predicted molar refractivity (Wildman–Crippen MR) is 187 cm³/mol. The van der Waals surface area contributed by atoms with E-state index >= 15 is 0 Å². The molecule has 0 radical (unpaired) electrons. The molecule has 3 aromatic carbocycles. The monoisotopic (exact) mass is 596 g/mol. The van der Waals surface area contributed by atoms with Crippen LogP contribution in [0.15, 0.2) is 85.0 Å². The lowest BCUT2D eigenvalue weighted by Gasteiger charge is -2.05. The van der Waals surface area contributed by atoms with Crippen LogP contribution in [0.25, 0.3) is 17.2 Å². The van der Waals surface area contributed by atoms with Gasteiger partial charge in [0.25, 0.3) is 0 Å². The van der Waals surface area contributed by atoms with Gasteiger partial charge in [-0.15, -0.1) is 0 Å². The number of benzene rings is 3. The highest BCUT2D eigenvalue weighted by atomic mass is 16.5. The Hall–Kier alpha value is -4.12. The average Bonchev–Trinajstić information content (AvgIpc) is 3.94. The van der Waals surface area contributed by atoms with E-state index in [0.29, 0.717) is 16.9 Å². The van der Waals surface area contributed by atoms with Crippen LogP contribution < -0.4 is 11.5 Å². The maximum atomic E-state index is 12.0. The normalized spacial score (nSPS) is 13.3. The third-order valence-electron chi connectivity index (χ3n) is 7.41. The Kier molecular flexibility index (Phi) is 15.8. The van der Waals surface area contributed by atoms with Gasteiger partial charge in [-0.25, -0.2) is 4.79 Å². The second-order valence-corrected chi connectivity index (χ2v) is 11.7. The Labute approximate surface area is 265 Å². The number of carbonyl (C=O) groups is 2. The number of allylic oxidation sites excluding steroid dienone is 1. The predicted octanol–water partition coefficient (Wildman–Crippen LogP) is 9.92. The molecule has 0 aliphatic heterocycles. The minimum absolute atomic E-state index is 0.0648. The number of anilines is 2. The summed E-state index contributed by atoms with van der Waals surface area (Å²) in [6, 6.07) is 22.1. The van der Waals surface area contributed by atoms with Gasteiger partial charge in [0.1, 0.15) is 6.61 Å². The van der Waals surface area contributed by atoms with E-state index in [0.717, 1.165) is 28.5 Å². The zero-order chi connectivity index (χ0) is 32.5. The number of esters is 1. The molecular weight excluding hydrogens is 544 g/mol. The number of unbranched alkanes of at least 4 members (excludes halogenated alkanes) is 1. The molecule has 2 aliphatic carbocycles. The first kappa shape index (κ1) is 36.1. The zero-order valence-corrected chi connectivity index (χ0v) is 27.4. The van der Waals surface area contributed by atoms with Crippen molar-refractivity contribution >= 4 is 29.2 Å². The van der Waals surface area contributed by atoms with Gasteiger partial charge in [0, 0.05) is 17.5 Å². The molecule has 0 aromatic heterocycles. The van der Waals surface area contributed by atoms with Crippen molar-refractivity contribution in [3.05, 3.63) is 102 Å². The molecule has 5 nitrogen and oxygen atoms in total. The van der Waals surface area contributed by atoms with Gasteiger partial charge in [0.05, 0.1) is 0 Å². The standard InChI is InChI=1S/C25H24N2O2.C5H8O.C5H10.C4H10/c26-23-13-18(14-24(27)15-23)16-29-25(28)12-3-17-1-4-19(5-2-17)20-6-8-21(9-7-20)22-10-11-22;1-4(2)5(3)6;1-2-5-3-4-5;1-3-4-2/h1-9,12-15,22H,10-11,16,26-27H2;1H2,2-3H3;5H,2-4H2,1H3;3-4H2,1-2H3/b12-3+;;;. The molecule has 2 aliphatic rings. The van der Waals surface area contributed by atoms with E-state index in [2.05, 4.69) is 63.7 Å². The SMILES string of the molecule is C=C(C)C(C)=O.CCC1CC1.CCCC.Nc1cc(N)cc(COC(=O)/C=C/c2ccc(-c3ccc(C4CC4)cc3)cc2)c1. The summed E-state index contributed by atoms with van der Waals surface area (Å²) >= 11 is 0. The summed E-state index contributed by atoms with van der Waals surface area (Å²) in [6.45, 7) is 13.4. The van der Waals surface area contributed by atoms with Gasteiger partial charge in [-0.05, 0) is 96.2 Å². The molecule has 4 N–H and O–H groups in total. The molecule has 3 aromatic rings. The summed E-state index contributed by atoms with van der Waals surface area (Å²) < 4.78 is 5.25. The minimum atomic E-state index is -0.411. The maximum Gasteiger partial charge on any atom is 0.331 e. The molecule has 0 atom stereocenters. The fourth-order valence-corrected chi connectivity index (χ4v) is 3.87. The first-order valence-corrected chi connectivity index (χ1v) is 15.9. The third-order valence-corrected chi connectivity index (χ3v) is 7.41. The number of ketones is 1. The lowest BCUT2D eigenvalue weighted by molar-refractivity contribution is -0.138. The van der Waals surface area contributed by atoms with Crippen molar-refractivity contribution in [2.75, 3.05) is 11.5 Å². The molecule has 0 heterocycles. The summed E-state index contributed by atoms with van der Waals surface area (Å²) in [5, 5.41) is 0. The van der Waals surface area contributed by atoms with Crippen molar-refractivity contribution < 1.29 is 14.3 Å². The van der Waals surface area contributed by atoms with E-state index in [1.807, 2.05) is 12.1 Å². The van der Waals surface area contributed by atoms with Gasteiger partial charge in [-0.3, -0.25) is 4.79 Å². The molecule has 2 fully saturated rings. The maximum absolute atomic E-state index is 12.0. The number of nitrogens with two attached hydrogens (primary N) is 2. The summed E-state index contributed by atoms with van der Waals surface area (Å²) in [6.07, 6.45) is 12.9. The lowest BCUT2D eigenvalue weighted by atomic mass is 10.0. The molecule has 0 unspecified atom stereocenters. The highest BCUT2D eigenvalue weighted by Crippen LogP contribution is 2.40. The number of ether oxygens (including phenoxy) is 1. The number of rotatable bonds is 9. The molecule has 0 bridgehead atoms. The summed E-state index contributed by atoms with van der Waals surface area (Å²) in [4.78, 5) is 22.0. The quantitative estimate of drug-likeness (QED) is 0.146. The Morgan fingerprint density at radius 3 is 1.70 bits per heavy atom. The topological polar surface area (TPSA) is 95.4 Å². The van der Waals surface area contributed by atoms with Crippen LogP contribution in [0.3, 0.4) is 0 Å². The summed E-state index contributed by atoms with van der Waals surface area (Å²) in [7, 11) is 0. The van der Waals surface area contributed by atoms with E-state index < -0.39 is 5.97 Å². The zero-order valence-electron chi connectivity index (χ0n) is 27.4. The molecular formula is C39H52N2O3. The smallest absolute Gasteiger partial charge is 0.331 e. The van der Waals surface area contributed by atoms with Crippen molar-refractivity contribution in [2.45, 2.75) is 92.1 Å². The van der Waals surface area contributed by atoms with E-state index in [1.54, 1.807) is 31.2 Å². The van der Waals surface area contributed by atoms with Crippen LogP contribution in [0, 0.1) is 5.92 Å². The highest BCUT2D eigenvalue weighted by Gasteiger charge is 2.22. The van der Waals surface area contributed by atoms with Crippen LogP contribution >= 0.6 is 0 Å². The Balaban J connectivity index is 0.000000370. The number of hydrogen-bond donors (Lipinski definition) is 2. The Morgan fingerprint density at radius 1 is 0.818 bits per heavy atom. The Morgan fingerprint density at radius 2 is 1.32 bits per heavy atom. The van der Waals surface area contributed by atoms with Crippen molar-refractivity contribution in [2.24, 2.45) is 5.92 Å². The second-order valence-electron chi connectivity index (χ2n) is 11.7. The minimum Gasteiger partial charge on any atom is -0.458 e. The molecule has 236 valence electrons. The number of nitrogen functional groups attached to an aromatic ring is 2. The molecule has 2 saturated carbocycles. The Bertz CT molecular complexity index is 1310. The summed E-state index contributed by atoms with van der Waals surface area (Å²) in [5.74, 6) is 1.56. The van der Waals surface area contributed by atoms with Crippen molar-refractivity contribution in [3.63, 3.8) is 0 Å². The second kappa shape index (κ2) is 19.2. The van der Waals surface area contributed by atoms with Crippen LogP contribution in [0.4, 0.5) is 11.4 Å². The lowest BCUT2D eigenvalue weighted by Crippen LogP contribution is -2.02. The number of carbonyl (C=O) groups excluding carboxylic acids is 2. The van der Waals surface area contributed by atoms with E-state index in [4.69, 9.17) is 16.2 Å². The third kappa shape index (κ3) is 14.9. The molecule has 5 heteroatoms. The molecule has 44 heavy (non-hydrogen) atoms. The number of hydrogen-bond acceptors (Lipinski definition) is 5. The van der Waals surface area contributed by atoms with Crippen LogP contribution in [0.2, 0.25) is 0 Å². The van der Waals surface area contributed by atoms with Crippen LogP contribution in [-0.4, -0.2) is 11.8 Å². The van der Waals surface area contributed by atoms with Crippen LogP contribution in [0.1, 0.15) is 102 Å². The first-order valence-electron chi connectivity index (χ1n) is 15.9. The highest BCUT2D eigenvalue weighted by molar-refractivity contribution is 5.91. The first-order chi connectivity index (χ1) is 21.1. The van der Waals surface area contributed by atoms with E-state index in [-0.39, 0.29) is 12.4 Å². The molecule has 0 amide bonds. The largest absolute Gasteiger partial charge is 0.458 e. The van der Waals surface area contributed by atoms with Gasteiger partial charge >= 0.3 is 5.97 Å². The van der Waals surface area contributed by atoms with Crippen LogP contribution in [-0.2, 0) is 20.9 Å². The summed E-state index contributed by atoms with van der Waals surface area (Å²) in [5.41, 5.74) is 18.7. The van der Waals surface area contributed by atoms with Crippen molar-refractivity contribution in [1.29, 1.82) is 0 Å². The van der Waals surface area contributed by atoms with Gasteiger partial charge < -0.3 is 16.2 Å². The van der Waals surface area contributed by atoms with Gasteiger partial charge in [-0.2, -0.15) is 0 Å². The molecule has 5 rings (SSSR count). The van der Waals surface area contributed by atoms with Crippen molar-refractivity contribution in [3.8, 4) is 11.1 Å². The van der Waals surface area contributed by atoms with Gasteiger partial charge in [0.15, 0.2) is 5.78 Å². The van der Waals surface area contributed by atoms with E-state index in [1.165, 1.54) is 69.1 Å². The fraction of sp³-hybridized carbons (Fsp3) is 0.385. The van der Waals surface area contributed by atoms with Crippen LogP contribution in [0.5, 0.6) is 0 Å². The number of Topliss-reactive ketones (excluding diaryl/α,β-unsaturated/α-hetero) is 1. The van der Waals surface area contributed by atoms with Gasteiger partial charge in [-0.1, -0.05) is 108 Å². The van der Waals surface area contributed by atoms with E-state index in [9.17, 15) is 9.59 Å². The fourth-order valence-electron chi connectivity index (χ4n) is 3.87. The molecule has 0 saturated heterocycles. The van der Waals surface area contributed by atoms with Crippen molar-refractivity contribution in [1.82, 2.24) is 0 Å². The molecule has 0 spiro atoms. The average molecular weight is 597 g/mol.